The maximum atomic E-state index is 11.3. The molecule has 2 aromatic rings. The minimum atomic E-state index is -0.266. The van der Waals surface area contributed by atoms with Crippen molar-refractivity contribution in [3.63, 3.8) is 0 Å². The summed E-state index contributed by atoms with van der Waals surface area (Å²) >= 11 is 0. The normalized spacial score (nSPS) is 14.1. The molecule has 0 unspecified atom stereocenters. The number of fused-ring (bicyclic) bond motifs is 1. The van der Waals surface area contributed by atoms with E-state index < -0.39 is 0 Å². The lowest BCUT2D eigenvalue weighted by molar-refractivity contribution is -0.427. The minimum absolute atomic E-state index is 0.266. The van der Waals surface area contributed by atoms with Crippen molar-refractivity contribution in [3.05, 3.63) is 81.3 Å². The van der Waals surface area contributed by atoms with Crippen LogP contribution in [0.5, 0.6) is 0 Å². The minimum Gasteiger partial charge on any atom is -0.264 e. The highest BCUT2D eigenvalue weighted by atomic mass is 16.6. The van der Waals surface area contributed by atoms with Crippen molar-refractivity contribution in [2.24, 2.45) is 0 Å². The van der Waals surface area contributed by atoms with Gasteiger partial charge in [-0.1, -0.05) is 30.3 Å². The maximum absolute atomic E-state index is 11.3. The van der Waals surface area contributed by atoms with Crippen LogP contribution in [0.25, 0.3) is 5.57 Å². The van der Waals surface area contributed by atoms with Gasteiger partial charge in [0.1, 0.15) is 0 Å². The van der Waals surface area contributed by atoms with Gasteiger partial charge in [0.2, 0.25) is 0 Å². The first kappa shape index (κ1) is 11.6. The zero-order valence-corrected chi connectivity index (χ0v) is 10.2. The zero-order chi connectivity index (χ0) is 13.2. The first-order valence-electron chi connectivity index (χ1n) is 6.13. The van der Waals surface area contributed by atoms with Crippen LogP contribution in [0.1, 0.15) is 23.1 Å². The van der Waals surface area contributed by atoms with E-state index in [1.807, 2.05) is 30.3 Å². The van der Waals surface area contributed by atoms with E-state index >= 15 is 0 Å². The summed E-state index contributed by atoms with van der Waals surface area (Å²) in [5.74, 6) is 0. The van der Waals surface area contributed by atoms with E-state index in [4.69, 9.17) is 0 Å². The summed E-state index contributed by atoms with van der Waals surface area (Å²) in [6.45, 7) is 0. The lowest BCUT2D eigenvalue weighted by Crippen LogP contribution is -2.12. The highest BCUT2D eigenvalue weighted by molar-refractivity contribution is 5.83. The first-order valence-corrected chi connectivity index (χ1v) is 6.13. The van der Waals surface area contributed by atoms with Gasteiger partial charge in [-0.25, -0.2) is 0 Å². The molecule has 0 bridgehead atoms. The molecule has 0 amide bonds. The van der Waals surface area contributed by atoms with Crippen LogP contribution in [0, 0.1) is 10.1 Å². The first-order chi connectivity index (χ1) is 9.27. The van der Waals surface area contributed by atoms with E-state index in [1.165, 1.54) is 0 Å². The van der Waals surface area contributed by atoms with Crippen LogP contribution in [0.15, 0.2) is 54.5 Å². The zero-order valence-electron chi connectivity index (χ0n) is 10.2. The average molecular weight is 252 g/mol. The van der Waals surface area contributed by atoms with Crippen LogP contribution in [0.3, 0.4) is 0 Å². The van der Waals surface area contributed by atoms with Crippen molar-refractivity contribution < 1.29 is 4.92 Å². The summed E-state index contributed by atoms with van der Waals surface area (Å²) in [6, 6.07) is 11.5. The lowest BCUT2D eigenvalue weighted by atomic mass is 9.85. The van der Waals surface area contributed by atoms with E-state index in [0.717, 1.165) is 23.1 Å². The molecule has 94 valence electrons. The number of pyridine rings is 1. The van der Waals surface area contributed by atoms with Crippen LogP contribution in [0.2, 0.25) is 0 Å². The molecular formula is C15H12N2O2. The quantitative estimate of drug-likeness (QED) is 0.609. The molecule has 0 saturated carbocycles. The molecule has 1 aromatic heterocycles. The van der Waals surface area contributed by atoms with Crippen LogP contribution in [0.4, 0.5) is 0 Å². The molecule has 1 aliphatic rings. The number of aryl methyl sites for hydroxylation is 1. The second-order valence-corrected chi connectivity index (χ2v) is 4.48. The Labute approximate surface area is 110 Å². The number of rotatable bonds is 2. The number of hydrogen-bond donors (Lipinski definition) is 0. The third kappa shape index (κ3) is 2.01. The highest BCUT2D eigenvalue weighted by Gasteiger charge is 2.27. The molecular weight excluding hydrogens is 240 g/mol. The number of aromatic nitrogens is 1. The number of benzene rings is 1. The van der Waals surface area contributed by atoms with E-state index in [1.54, 1.807) is 18.5 Å². The monoisotopic (exact) mass is 252 g/mol. The van der Waals surface area contributed by atoms with E-state index in [9.17, 15) is 10.1 Å². The number of allylic oxidation sites excluding steroid dienone is 1. The molecule has 1 aliphatic carbocycles. The Kier molecular flexibility index (Phi) is 2.83. The maximum Gasteiger partial charge on any atom is 0.255 e. The highest BCUT2D eigenvalue weighted by Crippen LogP contribution is 2.35. The molecule has 19 heavy (non-hydrogen) atoms. The van der Waals surface area contributed by atoms with Gasteiger partial charge in [0.25, 0.3) is 5.70 Å². The topological polar surface area (TPSA) is 56.0 Å². The van der Waals surface area contributed by atoms with Gasteiger partial charge in [0, 0.05) is 24.4 Å². The van der Waals surface area contributed by atoms with Crippen molar-refractivity contribution in [2.45, 2.75) is 12.8 Å². The molecule has 1 aromatic carbocycles. The molecule has 0 aliphatic heterocycles. The van der Waals surface area contributed by atoms with Crippen LogP contribution in [-0.2, 0) is 6.42 Å². The Balaban J connectivity index is 2.27. The number of nitrogens with zero attached hydrogens (tertiary/aromatic N) is 2. The molecule has 1 heterocycles. The van der Waals surface area contributed by atoms with E-state index in [-0.39, 0.29) is 10.6 Å². The summed E-state index contributed by atoms with van der Waals surface area (Å²) in [6.07, 6.45) is 4.54. The van der Waals surface area contributed by atoms with Gasteiger partial charge in [0.15, 0.2) is 0 Å². The molecule has 0 saturated heterocycles. The van der Waals surface area contributed by atoms with Gasteiger partial charge in [-0.05, 0) is 23.6 Å². The Morgan fingerprint density at radius 2 is 1.95 bits per heavy atom. The largest absolute Gasteiger partial charge is 0.264 e. The predicted molar refractivity (Wildman–Crippen MR) is 72.0 cm³/mol. The SMILES string of the molecule is O=[N+]([O-])C1=C(c2cccnc2)c2ccccc2CC1. The molecule has 0 atom stereocenters. The Hall–Kier alpha value is -2.49. The van der Waals surface area contributed by atoms with Gasteiger partial charge in [-0.2, -0.15) is 0 Å². The van der Waals surface area contributed by atoms with Gasteiger partial charge < -0.3 is 0 Å². The molecule has 0 N–H and O–H groups in total. The summed E-state index contributed by atoms with van der Waals surface area (Å²) in [5.41, 5.74) is 3.91. The fourth-order valence-electron chi connectivity index (χ4n) is 2.53. The van der Waals surface area contributed by atoms with Crippen LogP contribution in [-0.4, -0.2) is 9.91 Å². The van der Waals surface area contributed by atoms with Crippen molar-refractivity contribution in [2.75, 3.05) is 0 Å². The third-order valence-electron chi connectivity index (χ3n) is 3.38. The molecule has 4 nitrogen and oxygen atoms in total. The van der Waals surface area contributed by atoms with E-state index in [2.05, 4.69) is 4.98 Å². The third-order valence-corrected chi connectivity index (χ3v) is 3.38. The second-order valence-electron chi connectivity index (χ2n) is 4.48. The van der Waals surface area contributed by atoms with Gasteiger partial charge in [0.05, 0.1) is 10.5 Å². The van der Waals surface area contributed by atoms with Gasteiger partial charge in [-0.3, -0.25) is 15.1 Å². The average Bonchev–Trinajstić information content (AvgIpc) is 2.46. The second kappa shape index (κ2) is 4.65. The van der Waals surface area contributed by atoms with E-state index in [0.29, 0.717) is 12.0 Å². The summed E-state index contributed by atoms with van der Waals surface area (Å²) < 4.78 is 0. The molecule has 0 radical (unpaired) electrons. The fraction of sp³-hybridized carbons (Fsp3) is 0.133. The Morgan fingerprint density at radius 1 is 1.11 bits per heavy atom. The molecule has 3 rings (SSSR count). The smallest absolute Gasteiger partial charge is 0.255 e. The van der Waals surface area contributed by atoms with Gasteiger partial charge >= 0.3 is 0 Å². The van der Waals surface area contributed by atoms with Gasteiger partial charge in [-0.15, -0.1) is 0 Å². The predicted octanol–water partition coefficient (Wildman–Crippen LogP) is 3.06. The van der Waals surface area contributed by atoms with Crippen LogP contribution < -0.4 is 0 Å². The molecule has 0 fully saturated rings. The van der Waals surface area contributed by atoms with Crippen molar-refractivity contribution in [1.82, 2.24) is 4.98 Å². The van der Waals surface area contributed by atoms with Crippen molar-refractivity contribution in [3.8, 4) is 0 Å². The van der Waals surface area contributed by atoms with Crippen molar-refractivity contribution in [1.29, 1.82) is 0 Å². The fourth-order valence-corrected chi connectivity index (χ4v) is 2.53. The number of nitro groups is 1. The molecule has 0 spiro atoms. The summed E-state index contributed by atoms with van der Waals surface area (Å²) in [4.78, 5) is 15.1. The van der Waals surface area contributed by atoms with Crippen molar-refractivity contribution >= 4 is 5.57 Å². The Morgan fingerprint density at radius 3 is 2.68 bits per heavy atom. The summed E-state index contributed by atoms with van der Waals surface area (Å²) in [5, 5.41) is 11.3. The lowest BCUT2D eigenvalue weighted by Gasteiger charge is -2.18. The number of hydrogen-bond acceptors (Lipinski definition) is 3. The van der Waals surface area contributed by atoms with Crippen LogP contribution >= 0.6 is 0 Å². The summed E-state index contributed by atoms with van der Waals surface area (Å²) in [7, 11) is 0. The standard InChI is InChI=1S/C15H12N2O2/c18-17(19)14-8-7-11-4-1-2-6-13(11)15(14)12-5-3-9-16-10-12/h1-6,9-10H,7-8H2. The Bertz CT molecular complexity index is 663. The molecule has 4 heteroatoms.